The highest BCUT2D eigenvalue weighted by molar-refractivity contribution is 14.0. The summed E-state index contributed by atoms with van der Waals surface area (Å²) in [6, 6.07) is 7.01. The summed E-state index contributed by atoms with van der Waals surface area (Å²) in [6.07, 6.45) is 2.57. The molecule has 30 heavy (non-hydrogen) atoms. The number of halogens is 1. The maximum absolute atomic E-state index is 12.8. The molecule has 0 amide bonds. The fraction of sp³-hybridized carbons (Fsp3) is 0.667. The summed E-state index contributed by atoms with van der Waals surface area (Å²) in [7, 11) is -1.66. The van der Waals surface area contributed by atoms with Crippen LogP contribution < -0.4 is 10.0 Å². The average Bonchev–Trinajstić information content (AvgIpc) is 3.44. The van der Waals surface area contributed by atoms with Crippen LogP contribution in [0, 0.1) is 5.92 Å². The number of likely N-dealkylation sites (N-methyl/N-ethyl adjacent to an activating group) is 1. The molecule has 0 heterocycles. The van der Waals surface area contributed by atoms with Crippen molar-refractivity contribution in [1.29, 1.82) is 0 Å². The maximum Gasteiger partial charge on any atom is 0.241 e. The van der Waals surface area contributed by atoms with Crippen LogP contribution >= 0.6 is 24.0 Å². The summed E-state index contributed by atoms with van der Waals surface area (Å²) in [4.78, 5) is 6.95. The quantitative estimate of drug-likeness (QED) is 0.202. The van der Waals surface area contributed by atoms with E-state index < -0.39 is 15.6 Å². The normalized spacial score (nSPS) is 14.9. The molecule has 7 nitrogen and oxygen atoms in total. The molecule has 2 N–H and O–H groups in total. The van der Waals surface area contributed by atoms with E-state index in [-0.39, 0.29) is 35.4 Å². The second kappa shape index (κ2) is 12.2. The predicted octanol–water partition coefficient (Wildman–Crippen LogP) is 3.21. The Balaban J connectivity index is 0.00000450. The van der Waals surface area contributed by atoms with Gasteiger partial charge in [0.2, 0.25) is 10.0 Å². The molecule has 0 spiro atoms. The Bertz CT molecular complexity index is 790. The molecule has 9 heteroatoms. The van der Waals surface area contributed by atoms with E-state index in [0.29, 0.717) is 12.2 Å². The number of hydrogen-bond acceptors (Lipinski definition) is 4. The van der Waals surface area contributed by atoms with Gasteiger partial charge < -0.3 is 15.0 Å². The Kier molecular flexibility index (Phi) is 11.0. The van der Waals surface area contributed by atoms with Gasteiger partial charge >= 0.3 is 0 Å². The van der Waals surface area contributed by atoms with Gasteiger partial charge in [-0.05, 0) is 58.1 Å². The van der Waals surface area contributed by atoms with E-state index in [2.05, 4.69) is 15.0 Å². The van der Waals surface area contributed by atoms with E-state index in [1.807, 2.05) is 51.8 Å². The summed E-state index contributed by atoms with van der Waals surface area (Å²) in [5, 5.41) is 3.27. The van der Waals surface area contributed by atoms with Crippen LogP contribution in [0.5, 0.6) is 0 Å². The van der Waals surface area contributed by atoms with Gasteiger partial charge in [-0.25, -0.2) is 18.1 Å². The monoisotopic (exact) mass is 552 g/mol. The number of sulfonamides is 1. The molecule has 1 fully saturated rings. The van der Waals surface area contributed by atoms with Gasteiger partial charge in [0, 0.05) is 32.3 Å². The average molecular weight is 553 g/mol. The number of hydrogen-bond donors (Lipinski definition) is 2. The summed E-state index contributed by atoms with van der Waals surface area (Å²) in [5.74, 6) is 1.49. The zero-order valence-electron chi connectivity index (χ0n) is 18.8. The third kappa shape index (κ3) is 9.49. The Morgan fingerprint density at radius 1 is 1.27 bits per heavy atom. The van der Waals surface area contributed by atoms with Crippen LogP contribution in [0.2, 0.25) is 0 Å². The van der Waals surface area contributed by atoms with E-state index in [1.54, 1.807) is 12.1 Å². The lowest BCUT2D eigenvalue weighted by molar-refractivity contribution is 0.115. The van der Waals surface area contributed by atoms with Gasteiger partial charge in [-0.15, -0.1) is 24.0 Å². The first-order valence-electron chi connectivity index (χ1n) is 10.3. The molecule has 1 aromatic carbocycles. The number of guanidine groups is 1. The highest BCUT2D eigenvalue weighted by Gasteiger charge is 2.24. The molecule has 0 aromatic heterocycles. The minimum atomic E-state index is -3.62. The number of aliphatic imine (C=N–C) groups is 1. The fourth-order valence-corrected chi connectivity index (χ4v) is 4.48. The van der Waals surface area contributed by atoms with Crippen LogP contribution in [0.15, 0.2) is 34.2 Å². The molecule has 1 aromatic rings. The topological polar surface area (TPSA) is 83.0 Å². The minimum absolute atomic E-state index is 0. The molecule has 0 aliphatic heterocycles. The van der Waals surface area contributed by atoms with Crippen molar-refractivity contribution in [3.8, 4) is 0 Å². The Morgan fingerprint density at radius 2 is 1.93 bits per heavy atom. The van der Waals surface area contributed by atoms with E-state index in [0.717, 1.165) is 31.6 Å². The highest BCUT2D eigenvalue weighted by atomic mass is 127. The molecule has 172 valence electrons. The van der Waals surface area contributed by atoms with E-state index in [9.17, 15) is 8.42 Å². The number of rotatable bonds is 10. The Morgan fingerprint density at radius 3 is 2.53 bits per heavy atom. The van der Waals surface area contributed by atoms with Crippen LogP contribution in [0.1, 0.15) is 46.1 Å². The molecule has 0 saturated heterocycles. The fourth-order valence-electron chi connectivity index (χ4n) is 2.83. The van der Waals surface area contributed by atoms with Crippen molar-refractivity contribution >= 4 is 40.0 Å². The van der Waals surface area contributed by atoms with E-state index in [1.165, 1.54) is 12.8 Å². The first-order chi connectivity index (χ1) is 13.6. The van der Waals surface area contributed by atoms with E-state index >= 15 is 0 Å². The second-order valence-electron chi connectivity index (χ2n) is 8.57. The van der Waals surface area contributed by atoms with Gasteiger partial charge in [0.15, 0.2) is 5.96 Å². The lowest BCUT2D eigenvalue weighted by Crippen LogP contribution is -2.41. The van der Waals surface area contributed by atoms with Crippen molar-refractivity contribution in [3.63, 3.8) is 0 Å². The molecule has 0 radical (unpaired) electrons. The van der Waals surface area contributed by atoms with Gasteiger partial charge in [-0.1, -0.05) is 18.2 Å². The van der Waals surface area contributed by atoms with Gasteiger partial charge in [-0.3, -0.25) is 0 Å². The molecular weight excluding hydrogens is 515 g/mol. The molecule has 1 saturated carbocycles. The standard InChI is InChI=1S/C21H36N4O3S.HI/c1-6-22-20(25(5)13-14-28-16-17-11-12-17)23-15-18-9-7-8-10-19(18)29(26,27)24-21(2,3)4;/h7-10,17,24H,6,11-16H2,1-5H3,(H,22,23);1H. The molecular formula is C21H37IN4O3S. The van der Waals surface area contributed by atoms with Crippen molar-refractivity contribution in [2.75, 3.05) is 33.4 Å². The number of ether oxygens (including phenoxy) is 1. The molecule has 0 unspecified atom stereocenters. The van der Waals surface area contributed by atoms with Gasteiger partial charge in [0.25, 0.3) is 0 Å². The summed E-state index contributed by atoms with van der Waals surface area (Å²) < 4.78 is 34.0. The molecule has 1 aliphatic carbocycles. The van der Waals surface area contributed by atoms with Crippen LogP contribution in [-0.2, 0) is 21.3 Å². The van der Waals surface area contributed by atoms with Crippen LogP contribution in [-0.4, -0.2) is 58.2 Å². The zero-order valence-corrected chi connectivity index (χ0v) is 21.9. The minimum Gasteiger partial charge on any atom is -0.379 e. The maximum atomic E-state index is 12.8. The highest BCUT2D eigenvalue weighted by Crippen LogP contribution is 2.28. The number of nitrogens with one attached hydrogen (secondary N) is 2. The van der Waals surface area contributed by atoms with Crippen molar-refractivity contribution in [1.82, 2.24) is 14.9 Å². The summed E-state index contributed by atoms with van der Waals surface area (Å²) in [5.41, 5.74) is 0.114. The first-order valence-corrected chi connectivity index (χ1v) is 11.8. The van der Waals surface area contributed by atoms with Crippen molar-refractivity contribution in [2.45, 2.75) is 57.5 Å². The zero-order chi connectivity index (χ0) is 21.5. The van der Waals surface area contributed by atoms with Crippen LogP contribution in [0.3, 0.4) is 0 Å². The largest absolute Gasteiger partial charge is 0.379 e. The smallest absolute Gasteiger partial charge is 0.241 e. The molecule has 0 bridgehead atoms. The summed E-state index contributed by atoms with van der Waals surface area (Å²) in [6.45, 7) is 10.7. The molecule has 1 aliphatic rings. The Hall–Kier alpha value is -0.910. The van der Waals surface area contributed by atoms with Crippen molar-refractivity contribution < 1.29 is 13.2 Å². The Labute approximate surface area is 199 Å². The van der Waals surface area contributed by atoms with E-state index in [4.69, 9.17) is 4.74 Å². The molecule has 0 atom stereocenters. The number of benzene rings is 1. The summed E-state index contributed by atoms with van der Waals surface area (Å²) >= 11 is 0. The van der Waals surface area contributed by atoms with Gasteiger partial charge in [0.05, 0.1) is 18.0 Å². The van der Waals surface area contributed by atoms with Gasteiger partial charge in [0.1, 0.15) is 0 Å². The SMILES string of the molecule is CCNC(=NCc1ccccc1S(=O)(=O)NC(C)(C)C)N(C)CCOCC1CC1.I. The number of nitrogens with zero attached hydrogens (tertiary/aromatic N) is 2. The lowest BCUT2D eigenvalue weighted by Gasteiger charge is -2.23. The second-order valence-corrected chi connectivity index (χ2v) is 10.2. The lowest BCUT2D eigenvalue weighted by atomic mass is 10.1. The van der Waals surface area contributed by atoms with Crippen molar-refractivity contribution in [3.05, 3.63) is 29.8 Å². The molecule has 2 rings (SSSR count). The van der Waals surface area contributed by atoms with Crippen molar-refractivity contribution in [2.24, 2.45) is 10.9 Å². The third-order valence-electron chi connectivity index (χ3n) is 4.42. The van der Waals surface area contributed by atoms with Crippen LogP contribution in [0.4, 0.5) is 0 Å². The first kappa shape index (κ1) is 27.1. The third-order valence-corrected chi connectivity index (χ3v) is 6.28. The predicted molar refractivity (Wildman–Crippen MR) is 133 cm³/mol. The van der Waals surface area contributed by atoms with Crippen LogP contribution in [0.25, 0.3) is 0 Å². The van der Waals surface area contributed by atoms with Gasteiger partial charge in [-0.2, -0.15) is 0 Å².